The summed E-state index contributed by atoms with van der Waals surface area (Å²) in [6, 6.07) is 18.4. The van der Waals surface area contributed by atoms with Gasteiger partial charge in [0.15, 0.2) is 0 Å². The molecular weight excluding hydrogens is 260 g/mol. The molecule has 0 amide bonds. The quantitative estimate of drug-likeness (QED) is 0.870. The van der Waals surface area contributed by atoms with Crippen LogP contribution in [0.4, 0.5) is 5.69 Å². The molecule has 0 saturated carbocycles. The highest BCUT2D eigenvalue weighted by Crippen LogP contribution is 2.28. The topological polar surface area (TPSA) is 45.0 Å². The lowest BCUT2D eigenvalue weighted by molar-refractivity contribution is 0.415. The number of ether oxygens (including phenoxy) is 1. The lowest BCUT2D eigenvalue weighted by Crippen LogP contribution is -2.17. The molecule has 2 aromatic carbocycles. The Morgan fingerprint density at radius 3 is 2.57 bits per heavy atom. The fraction of sp³-hybridized carbons (Fsp3) is 0.278. The predicted octanol–water partition coefficient (Wildman–Crippen LogP) is 4.00. The third-order valence-electron chi connectivity index (χ3n) is 3.47. The Labute approximate surface area is 126 Å². The number of hydrogen-bond acceptors (Lipinski definition) is 3. The SMILES string of the molecule is COc1cccc(C#N)c1NC(C)CCc1ccccc1. The van der Waals surface area contributed by atoms with Gasteiger partial charge in [0.05, 0.1) is 18.4 Å². The predicted molar refractivity (Wildman–Crippen MR) is 85.6 cm³/mol. The Bertz CT molecular complexity index is 617. The summed E-state index contributed by atoms with van der Waals surface area (Å²) < 4.78 is 5.34. The van der Waals surface area contributed by atoms with Gasteiger partial charge in [-0.2, -0.15) is 5.26 Å². The van der Waals surface area contributed by atoms with Gasteiger partial charge in [0.2, 0.25) is 0 Å². The van der Waals surface area contributed by atoms with Crippen molar-refractivity contribution >= 4 is 5.69 Å². The molecule has 0 aliphatic heterocycles. The molecule has 0 aromatic heterocycles. The first-order chi connectivity index (χ1) is 10.2. The molecule has 3 heteroatoms. The maximum absolute atomic E-state index is 9.21. The van der Waals surface area contributed by atoms with Crippen molar-refractivity contribution in [1.82, 2.24) is 0 Å². The number of nitriles is 1. The normalized spacial score (nSPS) is 11.5. The van der Waals surface area contributed by atoms with Gasteiger partial charge in [-0.15, -0.1) is 0 Å². The van der Waals surface area contributed by atoms with Gasteiger partial charge in [0, 0.05) is 6.04 Å². The van der Waals surface area contributed by atoms with E-state index in [-0.39, 0.29) is 6.04 Å². The average Bonchev–Trinajstić information content (AvgIpc) is 2.54. The largest absolute Gasteiger partial charge is 0.495 e. The highest BCUT2D eigenvalue weighted by Gasteiger charge is 2.11. The summed E-state index contributed by atoms with van der Waals surface area (Å²) in [4.78, 5) is 0. The van der Waals surface area contributed by atoms with Crippen molar-refractivity contribution in [2.45, 2.75) is 25.8 Å². The number of rotatable bonds is 6. The van der Waals surface area contributed by atoms with Crippen molar-refractivity contribution in [2.24, 2.45) is 0 Å². The van der Waals surface area contributed by atoms with E-state index in [9.17, 15) is 5.26 Å². The second-order valence-corrected chi connectivity index (χ2v) is 5.06. The first-order valence-electron chi connectivity index (χ1n) is 7.12. The van der Waals surface area contributed by atoms with E-state index in [2.05, 4.69) is 42.6 Å². The number of aryl methyl sites for hydroxylation is 1. The van der Waals surface area contributed by atoms with Crippen LogP contribution in [-0.2, 0) is 6.42 Å². The number of nitrogens with one attached hydrogen (secondary N) is 1. The zero-order chi connectivity index (χ0) is 15.1. The van der Waals surface area contributed by atoms with E-state index in [4.69, 9.17) is 4.74 Å². The molecule has 1 unspecified atom stereocenters. The number of methoxy groups -OCH3 is 1. The van der Waals surface area contributed by atoms with Gasteiger partial charge in [-0.1, -0.05) is 36.4 Å². The minimum Gasteiger partial charge on any atom is -0.495 e. The molecule has 0 aliphatic carbocycles. The zero-order valence-electron chi connectivity index (χ0n) is 12.5. The first kappa shape index (κ1) is 14.9. The Morgan fingerprint density at radius 1 is 1.14 bits per heavy atom. The van der Waals surface area contributed by atoms with Gasteiger partial charge in [-0.3, -0.25) is 0 Å². The van der Waals surface area contributed by atoms with Crippen LogP contribution >= 0.6 is 0 Å². The monoisotopic (exact) mass is 280 g/mol. The summed E-state index contributed by atoms with van der Waals surface area (Å²) in [5, 5.41) is 12.6. The lowest BCUT2D eigenvalue weighted by Gasteiger charge is -2.18. The van der Waals surface area contributed by atoms with Crippen LogP contribution in [0, 0.1) is 11.3 Å². The minimum absolute atomic E-state index is 0.258. The van der Waals surface area contributed by atoms with Crippen LogP contribution in [0.5, 0.6) is 5.75 Å². The molecule has 0 aliphatic rings. The highest BCUT2D eigenvalue weighted by atomic mass is 16.5. The second-order valence-electron chi connectivity index (χ2n) is 5.06. The number of para-hydroxylation sites is 1. The van der Waals surface area contributed by atoms with Crippen LogP contribution in [-0.4, -0.2) is 13.2 Å². The summed E-state index contributed by atoms with van der Waals surface area (Å²) in [6.45, 7) is 2.12. The molecule has 21 heavy (non-hydrogen) atoms. The number of benzene rings is 2. The number of nitrogens with zero attached hydrogens (tertiary/aromatic N) is 1. The third-order valence-corrected chi connectivity index (χ3v) is 3.47. The van der Waals surface area contributed by atoms with Crippen LogP contribution in [0.15, 0.2) is 48.5 Å². The van der Waals surface area contributed by atoms with Crippen LogP contribution in [0.2, 0.25) is 0 Å². The summed E-state index contributed by atoms with van der Waals surface area (Å²) in [7, 11) is 1.62. The first-order valence-corrected chi connectivity index (χ1v) is 7.12. The molecule has 1 N–H and O–H groups in total. The van der Waals surface area contributed by atoms with E-state index in [0.717, 1.165) is 18.5 Å². The molecule has 0 spiro atoms. The van der Waals surface area contributed by atoms with Crippen molar-refractivity contribution in [3.05, 3.63) is 59.7 Å². The number of hydrogen-bond donors (Lipinski definition) is 1. The molecule has 108 valence electrons. The van der Waals surface area contributed by atoms with Crippen molar-refractivity contribution < 1.29 is 4.74 Å². The molecular formula is C18H20N2O. The van der Waals surface area contributed by atoms with E-state index in [0.29, 0.717) is 11.3 Å². The molecule has 0 bridgehead atoms. The maximum Gasteiger partial charge on any atom is 0.143 e. The van der Waals surface area contributed by atoms with E-state index < -0.39 is 0 Å². The molecule has 3 nitrogen and oxygen atoms in total. The minimum atomic E-state index is 0.258. The Hall–Kier alpha value is -2.47. The van der Waals surface area contributed by atoms with Crippen molar-refractivity contribution in [3.63, 3.8) is 0 Å². The fourth-order valence-electron chi connectivity index (χ4n) is 2.29. The fourth-order valence-corrected chi connectivity index (χ4v) is 2.29. The van der Waals surface area contributed by atoms with E-state index >= 15 is 0 Å². The molecule has 0 heterocycles. The number of anilines is 1. The van der Waals surface area contributed by atoms with Crippen LogP contribution < -0.4 is 10.1 Å². The van der Waals surface area contributed by atoms with Crippen molar-refractivity contribution in [3.8, 4) is 11.8 Å². The molecule has 0 radical (unpaired) electrons. The Balaban J connectivity index is 2.03. The van der Waals surface area contributed by atoms with Crippen LogP contribution in [0.25, 0.3) is 0 Å². The summed E-state index contributed by atoms with van der Waals surface area (Å²) in [5.74, 6) is 0.709. The second kappa shape index (κ2) is 7.35. The summed E-state index contributed by atoms with van der Waals surface area (Å²) in [6.07, 6.45) is 2.00. The van der Waals surface area contributed by atoms with E-state index in [1.807, 2.05) is 18.2 Å². The molecule has 2 rings (SSSR count). The standard InChI is InChI=1S/C18H20N2O/c1-14(11-12-15-7-4-3-5-8-15)20-18-16(13-19)9-6-10-17(18)21-2/h3-10,14,20H,11-12H2,1-2H3. The van der Waals surface area contributed by atoms with Crippen molar-refractivity contribution in [1.29, 1.82) is 5.26 Å². The van der Waals surface area contributed by atoms with Gasteiger partial charge >= 0.3 is 0 Å². The average molecular weight is 280 g/mol. The highest BCUT2D eigenvalue weighted by molar-refractivity contribution is 5.66. The molecule has 0 fully saturated rings. The zero-order valence-corrected chi connectivity index (χ0v) is 12.5. The smallest absolute Gasteiger partial charge is 0.143 e. The summed E-state index contributed by atoms with van der Waals surface area (Å²) >= 11 is 0. The van der Waals surface area contributed by atoms with Crippen LogP contribution in [0.3, 0.4) is 0 Å². The van der Waals surface area contributed by atoms with E-state index in [1.54, 1.807) is 13.2 Å². The van der Waals surface area contributed by atoms with Crippen molar-refractivity contribution in [2.75, 3.05) is 12.4 Å². The van der Waals surface area contributed by atoms with Crippen LogP contribution in [0.1, 0.15) is 24.5 Å². The van der Waals surface area contributed by atoms with Gasteiger partial charge in [-0.05, 0) is 37.5 Å². The van der Waals surface area contributed by atoms with Gasteiger partial charge in [-0.25, -0.2) is 0 Å². The third kappa shape index (κ3) is 4.00. The molecule has 2 aromatic rings. The maximum atomic E-state index is 9.21. The van der Waals surface area contributed by atoms with Gasteiger partial charge < -0.3 is 10.1 Å². The molecule has 0 saturated heterocycles. The molecule has 1 atom stereocenters. The van der Waals surface area contributed by atoms with Gasteiger partial charge in [0.1, 0.15) is 11.8 Å². The summed E-state index contributed by atoms with van der Waals surface area (Å²) in [5.41, 5.74) is 2.72. The Kier molecular flexibility index (Phi) is 5.22. The lowest BCUT2D eigenvalue weighted by atomic mass is 10.1. The Morgan fingerprint density at radius 2 is 1.90 bits per heavy atom. The van der Waals surface area contributed by atoms with Gasteiger partial charge in [0.25, 0.3) is 0 Å². The van der Waals surface area contributed by atoms with E-state index in [1.165, 1.54) is 5.56 Å².